The molecule has 0 bridgehead atoms. The van der Waals surface area contributed by atoms with Crippen LogP contribution in [0.4, 0.5) is 17.6 Å². The van der Waals surface area contributed by atoms with E-state index in [0.717, 1.165) is 17.7 Å². The van der Waals surface area contributed by atoms with Crippen LogP contribution < -0.4 is 15.4 Å². The summed E-state index contributed by atoms with van der Waals surface area (Å²) in [5.41, 5.74) is -0.338. The fourth-order valence-corrected chi connectivity index (χ4v) is 2.78. The van der Waals surface area contributed by atoms with Crippen LogP contribution in [-0.4, -0.2) is 35.3 Å². The van der Waals surface area contributed by atoms with Crippen LogP contribution in [0, 0.1) is 5.82 Å². The van der Waals surface area contributed by atoms with E-state index in [0.29, 0.717) is 23.5 Å². The minimum absolute atomic E-state index is 0.0988. The van der Waals surface area contributed by atoms with E-state index in [9.17, 15) is 17.6 Å². The summed E-state index contributed by atoms with van der Waals surface area (Å²) in [7, 11) is 3.06. The Morgan fingerprint density at radius 2 is 1.81 bits per heavy atom. The topological polar surface area (TPSA) is 87.2 Å². The van der Waals surface area contributed by atoms with E-state index in [1.54, 1.807) is 19.2 Å². The highest BCUT2D eigenvalue weighted by atomic mass is 19.4. The molecule has 3 N–H and O–H groups in total. The van der Waals surface area contributed by atoms with E-state index in [1.807, 2.05) is 12.1 Å². The number of guanidine groups is 1. The van der Waals surface area contributed by atoms with E-state index in [2.05, 4.69) is 30.8 Å². The number of alkyl halides is 3. The molecule has 0 aliphatic heterocycles. The Morgan fingerprint density at radius 1 is 1.10 bits per heavy atom. The molecule has 7 nitrogen and oxygen atoms in total. The van der Waals surface area contributed by atoms with E-state index >= 15 is 0 Å². The van der Waals surface area contributed by atoms with Crippen molar-refractivity contribution in [2.24, 2.45) is 4.99 Å². The zero-order chi connectivity index (χ0) is 22.4. The Balaban J connectivity index is 1.60. The summed E-state index contributed by atoms with van der Waals surface area (Å²) in [4.78, 5) is 8.35. The lowest BCUT2D eigenvalue weighted by Crippen LogP contribution is -2.37. The summed E-state index contributed by atoms with van der Waals surface area (Å²) < 4.78 is 57.7. The number of rotatable bonds is 6. The third kappa shape index (κ3) is 5.71. The summed E-state index contributed by atoms with van der Waals surface area (Å²) in [5.74, 6) is 1.01. The third-order valence-corrected chi connectivity index (χ3v) is 4.35. The van der Waals surface area contributed by atoms with Gasteiger partial charge in [0.1, 0.15) is 17.4 Å². The third-order valence-electron chi connectivity index (χ3n) is 4.35. The van der Waals surface area contributed by atoms with Gasteiger partial charge in [0.25, 0.3) is 0 Å². The minimum atomic E-state index is -4.66. The Morgan fingerprint density at radius 3 is 2.45 bits per heavy atom. The van der Waals surface area contributed by atoms with Crippen LogP contribution in [0.1, 0.15) is 17.0 Å². The standard InChI is InChI=1S/C20H20F4N6O/c1-25-19(26-10-13-3-6-14(21)9-16(13)20(22,23)24)27-11-17-28-18(30-29-17)12-4-7-15(31-2)8-5-12/h3-9H,10-11H2,1-2H3,(H2,25,26,27)(H,28,29,30). The number of aromatic amines is 1. The molecule has 164 valence electrons. The van der Waals surface area contributed by atoms with Crippen LogP contribution in [0.2, 0.25) is 0 Å². The Labute approximate surface area is 175 Å². The van der Waals surface area contributed by atoms with E-state index in [-0.39, 0.29) is 24.6 Å². The Hall–Kier alpha value is -3.63. The number of nitrogens with zero attached hydrogens (tertiary/aromatic N) is 3. The van der Waals surface area contributed by atoms with Gasteiger partial charge in [-0.2, -0.15) is 18.3 Å². The largest absolute Gasteiger partial charge is 0.497 e. The number of H-pyrrole nitrogens is 1. The molecular weight excluding hydrogens is 416 g/mol. The van der Waals surface area contributed by atoms with Crippen molar-refractivity contribution in [3.8, 4) is 17.1 Å². The van der Waals surface area contributed by atoms with Gasteiger partial charge in [-0.1, -0.05) is 6.07 Å². The van der Waals surface area contributed by atoms with Gasteiger partial charge < -0.3 is 15.4 Å². The molecule has 1 aromatic heterocycles. The molecule has 0 atom stereocenters. The average Bonchev–Trinajstić information content (AvgIpc) is 3.23. The van der Waals surface area contributed by atoms with Crippen LogP contribution in [0.25, 0.3) is 11.4 Å². The van der Waals surface area contributed by atoms with Crippen molar-refractivity contribution in [2.75, 3.05) is 14.2 Å². The number of halogens is 4. The quantitative estimate of drug-likeness (QED) is 0.313. The average molecular weight is 436 g/mol. The van der Waals surface area contributed by atoms with Crippen LogP contribution in [0.15, 0.2) is 47.5 Å². The molecule has 2 aromatic carbocycles. The van der Waals surface area contributed by atoms with Crippen molar-refractivity contribution >= 4 is 5.96 Å². The van der Waals surface area contributed by atoms with Gasteiger partial charge in [0.15, 0.2) is 11.8 Å². The molecule has 0 saturated carbocycles. The minimum Gasteiger partial charge on any atom is -0.497 e. The first-order valence-corrected chi connectivity index (χ1v) is 9.16. The summed E-state index contributed by atoms with van der Waals surface area (Å²) in [6.45, 7) is 0.0146. The van der Waals surface area contributed by atoms with Crippen LogP contribution in [-0.2, 0) is 19.3 Å². The fraction of sp³-hybridized carbons (Fsp3) is 0.250. The van der Waals surface area contributed by atoms with Crippen molar-refractivity contribution in [1.82, 2.24) is 25.8 Å². The van der Waals surface area contributed by atoms with Gasteiger partial charge in [-0.3, -0.25) is 10.1 Å². The first kappa shape index (κ1) is 22.1. The molecule has 0 saturated heterocycles. The molecule has 0 amide bonds. The zero-order valence-corrected chi connectivity index (χ0v) is 16.7. The highest BCUT2D eigenvalue weighted by Crippen LogP contribution is 2.32. The van der Waals surface area contributed by atoms with E-state index in [1.165, 1.54) is 7.05 Å². The molecule has 0 fully saturated rings. The number of methoxy groups -OCH3 is 1. The van der Waals surface area contributed by atoms with Gasteiger partial charge in [0.05, 0.1) is 19.2 Å². The number of ether oxygens (including phenoxy) is 1. The summed E-state index contributed by atoms with van der Waals surface area (Å²) in [6.07, 6.45) is -4.66. The normalized spacial score (nSPS) is 12.0. The van der Waals surface area contributed by atoms with Gasteiger partial charge >= 0.3 is 6.18 Å². The van der Waals surface area contributed by atoms with Crippen molar-refractivity contribution < 1.29 is 22.3 Å². The number of aromatic nitrogens is 3. The highest BCUT2D eigenvalue weighted by molar-refractivity contribution is 5.79. The molecule has 3 aromatic rings. The second kappa shape index (κ2) is 9.45. The van der Waals surface area contributed by atoms with Crippen molar-refractivity contribution in [3.63, 3.8) is 0 Å². The predicted octanol–water partition coefficient (Wildman–Crippen LogP) is 3.50. The van der Waals surface area contributed by atoms with Gasteiger partial charge in [-0.25, -0.2) is 9.37 Å². The number of aliphatic imine (C=N–C) groups is 1. The molecule has 0 spiro atoms. The molecule has 0 aliphatic rings. The maximum absolute atomic E-state index is 13.2. The number of benzene rings is 2. The SMILES string of the molecule is CN=C(NCc1nc(-c2ccc(OC)cc2)n[nH]1)NCc1ccc(F)cc1C(F)(F)F. The molecule has 3 rings (SSSR count). The first-order chi connectivity index (χ1) is 14.8. The van der Waals surface area contributed by atoms with E-state index < -0.39 is 17.6 Å². The highest BCUT2D eigenvalue weighted by Gasteiger charge is 2.33. The molecule has 11 heteroatoms. The lowest BCUT2D eigenvalue weighted by atomic mass is 10.1. The van der Waals surface area contributed by atoms with Crippen molar-refractivity contribution in [1.29, 1.82) is 0 Å². The summed E-state index contributed by atoms with van der Waals surface area (Å²) in [6, 6.07) is 9.78. The summed E-state index contributed by atoms with van der Waals surface area (Å²) in [5, 5.41) is 12.7. The molecular formula is C20H20F4N6O. The van der Waals surface area contributed by atoms with Crippen LogP contribution in [0.5, 0.6) is 5.75 Å². The second-order valence-electron chi connectivity index (χ2n) is 6.41. The van der Waals surface area contributed by atoms with Gasteiger partial charge in [0.2, 0.25) is 0 Å². The molecule has 0 aliphatic carbocycles. The predicted molar refractivity (Wildman–Crippen MR) is 107 cm³/mol. The maximum Gasteiger partial charge on any atom is 0.416 e. The lowest BCUT2D eigenvalue weighted by Gasteiger charge is -2.15. The zero-order valence-electron chi connectivity index (χ0n) is 16.7. The van der Waals surface area contributed by atoms with Crippen LogP contribution in [0.3, 0.4) is 0 Å². The maximum atomic E-state index is 13.2. The van der Waals surface area contributed by atoms with Crippen LogP contribution >= 0.6 is 0 Å². The van der Waals surface area contributed by atoms with Gasteiger partial charge in [-0.15, -0.1) is 0 Å². The number of nitrogens with one attached hydrogen (secondary N) is 3. The molecule has 31 heavy (non-hydrogen) atoms. The molecule has 0 radical (unpaired) electrons. The fourth-order valence-electron chi connectivity index (χ4n) is 2.78. The molecule has 1 heterocycles. The van der Waals surface area contributed by atoms with Crippen molar-refractivity contribution in [3.05, 3.63) is 65.2 Å². The number of hydrogen-bond acceptors (Lipinski definition) is 4. The Bertz CT molecular complexity index is 1050. The Kier molecular flexibility index (Phi) is 6.73. The lowest BCUT2D eigenvalue weighted by molar-refractivity contribution is -0.138. The van der Waals surface area contributed by atoms with Crippen molar-refractivity contribution in [2.45, 2.75) is 19.3 Å². The first-order valence-electron chi connectivity index (χ1n) is 9.16. The monoisotopic (exact) mass is 436 g/mol. The second-order valence-corrected chi connectivity index (χ2v) is 6.41. The van der Waals surface area contributed by atoms with Gasteiger partial charge in [0, 0.05) is 19.2 Å². The van der Waals surface area contributed by atoms with E-state index in [4.69, 9.17) is 4.74 Å². The van der Waals surface area contributed by atoms with Gasteiger partial charge in [-0.05, 0) is 42.0 Å². The summed E-state index contributed by atoms with van der Waals surface area (Å²) >= 11 is 0. The number of hydrogen-bond donors (Lipinski definition) is 3. The molecule has 0 unspecified atom stereocenters. The smallest absolute Gasteiger partial charge is 0.416 e.